The summed E-state index contributed by atoms with van der Waals surface area (Å²) in [4.78, 5) is 11.7. The summed E-state index contributed by atoms with van der Waals surface area (Å²) >= 11 is 5.61. The summed E-state index contributed by atoms with van der Waals surface area (Å²) in [5, 5.41) is 9.95. The van der Waals surface area contributed by atoms with Gasteiger partial charge in [0.15, 0.2) is 0 Å². The minimum absolute atomic E-state index is 0.275. The van der Waals surface area contributed by atoms with E-state index >= 15 is 0 Å². The fraction of sp³-hybridized carbons (Fsp3) is 0.533. The quantitative estimate of drug-likeness (QED) is 0.645. The van der Waals surface area contributed by atoms with E-state index in [0.29, 0.717) is 12.3 Å². The van der Waals surface area contributed by atoms with Gasteiger partial charge in [-0.2, -0.15) is 0 Å². The van der Waals surface area contributed by atoms with Crippen molar-refractivity contribution in [1.29, 1.82) is 0 Å². The van der Waals surface area contributed by atoms with Crippen molar-refractivity contribution >= 4 is 17.6 Å². The highest BCUT2D eigenvalue weighted by molar-refractivity contribution is 6.17. The Bertz CT molecular complexity index is 412. The number of aliphatic hydroxyl groups is 1. The first kappa shape index (κ1) is 16.0. The van der Waals surface area contributed by atoms with Gasteiger partial charge >= 0.3 is 5.97 Å². The highest BCUT2D eigenvalue weighted by Gasteiger charge is 2.30. The van der Waals surface area contributed by atoms with Crippen LogP contribution >= 0.6 is 11.6 Å². The zero-order chi connectivity index (χ0) is 14.5. The first-order chi connectivity index (χ1) is 8.93. The van der Waals surface area contributed by atoms with Crippen LogP contribution in [-0.2, 0) is 14.9 Å². The second-order valence-electron chi connectivity index (χ2n) is 5.09. The van der Waals surface area contributed by atoms with Crippen LogP contribution < -0.4 is 0 Å². The van der Waals surface area contributed by atoms with Crippen molar-refractivity contribution < 1.29 is 14.6 Å². The van der Waals surface area contributed by atoms with Crippen molar-refractivity contribution in [3.63, 3.8) is 0 Å². The van der Waals surface area contributed by atoms with E-state index in [-0.39, 0.29) is 5.97 Å². The molecule has 0 aromatic heterocycles. The molecular formula is C15H21ClO3. The summed E-state index contributed by atoms with van der Waals surface area (Å²) < 4.78 is 4.80. The Hall–Kier alpha value is -1.06. The van der Waals surface area contributed by atoms with E-state index < -0.39 is 11.5 Å². The maximum absolute atomic E-state index is 11.7. The lowest BCUT2D eigenvalue weighted by Crippen LogP contribution is -2.30. The van der Waals surface area contributed by atoms with Gasteiger partial charge < -0.3 is 9.84 Å². The molecule has 0 aliphatic carbocycles. The van der Waals surface area contributed by atoms with Gasteiger partial charge in [0.05, 0.1) is 18.6 Å². The normalized spacial score (nSPS) is 13.1. The van der Waals surface area contributed by atoms with Gasteiger partial charge in [0.2, 0.25) is 0 Å². The van der Waals surface area contributed by atoms with Gasteiger partial charge in [0.25, 0.3) is 0 Å². The van der Waals surface area contributed by atoms with Crippen molar-refractivity contribution in [2.75, 3.05) is 13.0 Å². The van der Waals surface area contributed by atoms with E-state index in [4.69, 9.17) is 16.3 Å². The van der Waals surface area contributed by atoms with Gasteiger partial charge in [0, 0.05) is 5.88 Å². The Morgan fingerprint density at radius 3 is 2.42 bits per heavy atom. The van der Waals surface area contributed by atoms with Crippen molar-refractivity contribution in [2.24, 2.45) is 0 Å². The molecule has 1 aromatic rings. The van der Waals surface area contributed by atoms with Gasteiger partial charge in [-0.15, -0.1) is 11.6 Å². The molecule has 1 rings (SSSR count). The van der Waals surface area contributed by atoms with E-state index in [1.807, 2.05) is 38.1 Å². The van der Waals surface area contributed by atoms with Gasteiger partial charge in [-0.05, 0) is 37.8 Å². The van der Waals surface area contributed by atoms with Crippen LogP contribution in [0.4, 0.5) is 0 Å². The zero-order valence-corrected chi connectivity index (χ0v) is 12.4. The van der Waals surface area contributed by atoms with Crippen molar-refractivity contribution in [2.45, 2.75) is 38.2 Å². The number of rotatable bonds is 6. The molecule has 0 spiro atoms. The summed E-state index contributed by atoms with van der Waals surface area (Å²) in [5.41, 5.74) is 1.02. The molecule has 1 atom stereocenters. The number of alkyl halides is 1. The predicted octanol–water partition coefficient (Wildman–Crippen LogP) is 3.19. The molecule has 0 aliphatic heterocycles. The van der Waals surface area contributed by atoms with Gasteiger partial charge in [-0.25, -0.2) is 0 Å². The highest BCUT2D eigenvalue weighted by Crippen LogP contribution is 2.27. The molecule has 1 aromatic carbocycles. The number of ether oxygens (including phenoxy) is 1. The summed E-state index contributed by atoms with van der Waals surface area (Å²) in [6.07, 6.45) is 0.913. The second kappa shape index (κ2) is 6.92. The molecule has 3 nitrogen and oxygen atoms in total. The molecule has 0 aliphatic rings. The maximum Gasteiger partial charge on any atom is 0.315 e. The van der Waals surface area contributed by atoms with E-state index in [1.165, 1.54) is 7.11 Å². The molecule has 4 heteroatoms. The van der Waals surface area contributed by atoms with Crippen molar-refractivity contribution in [3.8, 4) is 0 Å². The third-order valence-corrected chi connectivity index (χ3v) is 3.59. The van der Waals surface area contributed by atoms with Crippen LogP contribution in [0.5, 0.6) is 0 Å². The number of benzene rings is 1. The number of aliphatic hydroxyl groups excluding tert-OH is 1. The van der Waals surface area contributed by atoms with Gasteiger partial charge in [-0.1, -0.05) is 24.3 Å². The van der Waals surface area contributed by atoms with E-state index in [1.54, 1.807) is 0 Å². The molecule has 0 radical (unpaired) electrons. The minimum Gasteiger partial charge on any atom is -0.468 e. The van der Waals surface area contributed by atoms with Crippen LogP contribution in [-0.4, -0.2) is 24.1 Å². The fourth-order valence-electron chi connectivity index (χ4n) is 1.93. The molecule has 0 saturated carbocycles. The van der Waals surface area contributed by atoms with Crippen LogP contribution in [0.1, 0.15) is 43.9 Å². The lowest BCUT2D eigenvalue weighted by Gasteiger charge is -2.22. The monoisotopic (exact) mass is 284 g/mol. The van der Waals surface area contributed by atoms with Crippen LogP contribution in [0.2, 0.25) is 0 Å². The minimum atomic E-state index is -0.686. The Kier molecular flexibility index (Phi) is 5.83. The first-order valence-electron chi connectivity index (χ1n) is 6.36. The Labute approximate surface area is 119 Å². The standard InChI is InChI=1S/C15H21ClO3/c1-15(2,14(18)19-3)12-8-6-11(7-9-12)13(17)5-4-10-16/h6-9,13,17H,4-5,10H2,1-3H3. The summed E-state index contributed by atoms with van der Waals surface area (Å²) in [7, 11) is 1.38. The molecular weight excluding hydrogens is 264 g/mol. The molecule has 0 saturated heterocycles. The molecule has 1 unspecified atom stereocenters. The van der Waals surface area contributed by atoms with E-state index in [9.17, 15) is 9.90 Å². The van der Waals surface area contributed by atoms with Crippen molar-refractivity contribution in [1.82, 2.24) is 0 Å². The first-order valence-corrected chi connectivity index (χ1v) is 6.89. The lowest BCUT2D eigenvalue weighted by atomic mass is 9.84. The van der Waals surface area contributed by atoms with E-state index in [0.717, 1.165) is 17.5 Å². The molecule has 0 fully saturated rings. The smallest absolute Gasteiger partial charge is 0.315 e. The average Bonchev–Trinajstić information content (AvgIpc) is 2.43. The predicted molar refractivity (Wildman–Crippen MR) is 76.4 cm³/mol. The lowest BCUT2D eigenvalue weighted by molar-refractivity contribution is -0.146. The van der Waals surface area contributed by atoms with Crippen molar-refractivity contribution in [3.05, 3.63) is 35.4 Å². The molecule has 106 valence electrons. The average molecular weight is 285 g/mol. The van der Waals surface area contributed by atoms with Gasteiger partial charge in [0.1, 0.15) is 0 Å². The molecule has 19 heavy (non-hydrogen) atoms. The van der Waals surface area contributed by atoms with E-state index in [2.05, 4.69) is 0 Å². The number of hydrogen-bond acceptors (Lipinski definition) is 3. The summed E-state index contributed by atoms with van der Waals surface area (Å²) in [5.74, 6) is 0.271. The zero-order valence-electron chi connectivity index (χ0n) is 11.6. The maximum atomic E-state index is 11.7. The fourth-order valence-corrected chi connectivity index (χ4v) is 2.09. The summed E-state index contributed by atoms with van der Waals surface area (Å²) in [6, 6.07) is 7.41. The Balaban J connectivity index is 2.84. The number of methoxy groups -OCH3 is 1. The third-order valence-electron chi connectivity index (χ3n) is 3.32. The number of halogens is 1. The second-order valence-corrected chi connectivity index (χ2v) is 5.46. The molecule has 1 N–H and O–H groups in total. The number of esters is 1. The topological polar surface area (TPSA) is 46.5 Å². The van der Waals surface area contributed by atoms with Crippen LogP contribution in [0.15, 0.2) is 24.3 Å². The Morgan fingerprint density at radius 2 is 1.95 bits per heavy atom. The number of carbonyl (C=O) groups excluding carboxylic acids is 1. The highest BCUT2D eigenvalue weighted by atomic mass is 35.5. The third kappa shape index (κ3) is 3.95. The van der Waals surface area contributed by atoms with Gasteiger partial charge in [-0.3, -0.25) is 4.79 Å². The van der Waals surface area contributed by atoms with Crippen LogP contribution in [0.25, 0.3) is 0 Å². The number of carbonyl (C=O) groups is 1. The molecule has 0 bridgehead atoms. The Morgan fingerprint density at radius 1 is 1.37 bits per heavy atom. The number of hydrogen-bond donors (Lipinski definition) is 1. The molecule has 0 heterocycles. The summed E-state index contributed by atoms with van der Waals surface area (Å²) in [6.45, 7) is 3.63. The SMILES string of the molecule is COC(=O)C(C)(C)c1ccc(C(O)CCCCl)cc1. The molecule has 0 amide bonds. The van der Waals surface area contributed by atoms with Crippen LogP contribution in [0.3, 0.4) is 0 Å². The van der Waals surface area contributed by atoms with Crippen LogP contribution in [0, 0.1) is 0 Å². The largest absolute Gasteiger partial charge is 0.468 e.